The quantitative estimate of drug-likeness (QED) is 0.889. The molecular weight excluding hydrogens is 338 g/mol. The SMILES string of the molecule is NCc1ccc(F)c(S(=O)(=O)Nc2ccc(Cl)c(Cl)c2)c1. The van der Waals surface area contributed by atoms with E-state index >= 15 is 0 Å². The highest BCUT2D eigenvalue weighted by atomic mass is 35.5. The van der Waals surface area contributed by atoms with Crippen molar-refractivity contribution in [2.24, 2.45) is 5.73 Å². The van der Waals surface area contributed by atoms with Crippen LogP contribution in [0.2, 0.25) is 10.0 Å². The second-order valence-electron chi connectivity index (χ2n) is 4.20. The minimum Gasteiger partial charge on any atom is -0.326 e. The van der Waals surface area contributed by atoms with Crippen LogP contribution in [0, 0.1) is 5.82 Å². The number of hydrogen-bond acceptors (Lipinski definition) is 3. The molecule has 2 aromatic carbocycles. The number of rotatable bonds is 4. The minimum atomic E-state index is -4.09. The summed E-state index contributed by atoms with van der Waals surface area (Å²) in [5, 5.41) is 0.476. The van der Waals surface area contributed by atoms with Crippen molar-refractivity contribution in [3.8, 4) is 0 Å². The monoisotopic (exact) mass is 348 g/mol. The molecule has 3 N–H and O–H groups in total. The second-order valence-corrected chi connectivity index (χ2v) is 6.67. The third-order valence-corrected chi connectivity index (χ3v) is 4.83. The molecule has 2 rings (SSSR count). The first-order valence-corrected chi connectivity index (χ1v) is 8.04. The molecule has 4 nitrogen and oxygen atoms in total. The molecule has 0 atom stereocenters. The van der Waals surface area contributed by atoms with Crippen molar-refractivity contribution in [3.05, 3.63) is 57.8 Å². The lowest BCUT2D eigenvalue weighted by Gasteiger charge is -2.10. The first-order chi connectivity index (χ1) is 9.83. The summed E-state index contributed by atoms with van der Waals surface area (Å²) in [6.07, 6.45) is 0. The Balaban J connectivity index is 2.40. The highest BCUT2D eigenvalue weighted by Gasteiger charge is 2.20. The van der Waals surface area contributed by atoms with Crippen molar-refractivity contribution in [1.82, 2.24) is 0 Å². The van der Waals surface area contributed by atoms with E-state index in [9.17, 15) is 12.8 Å². The average Bonchev–Trinajstić information content (AvgIpc) is 2.43. The summed E-state index contributed by atoms with van der Waals surface area (Å²) in [4.78, 5) is -0.475. The van der Waals surface area contributed by atoms with Gasteiger partial charge < -0.3 is 5.73 Å². The largest absolute Gasteiger partial charge is 0.326 e. The fourth-order valence-electron chi connectivity index (χ4n) is 1.65. The fourth-order valence-corrected chi connectivity index (χ4v) is 3.13. The summed E-state index contributed by atoms with van der Waals surface area (Å²) in [6, 6.07) is 7.88. The maximum atomic E-state index is 13.7. The molecule has 21 heavy (non-hydrogen) atoms. The maximum Gasteiger partial charge on any atom is 0.264 e. The van der Waals surface area contributed by atoms with Crippen molar-refractivity contribution < 1.29 is 12.8 Å². The number of halogens is 3. The molecule has 0 saturated carbocycles. The van der Waals surface area contributed by atoms with E-state index in [2.05, 4.69) is 4.72 Å². The predicted octanol–water partition coefficient (Wildman–Crippen LogP) is 3.39. The Labute approximate surface area is 131 Å². The Bertz CT molecular complexity index is 782. The Hall–Kier alpha value is -1.34. The van der Waals surface area contributed by atoms with Crippen molar-refractivity contribution in [2.45, 2.75) is 11.4 Å². The zero-order valence-corrected chi connectivity index (χ0v) is 12.9. The van der Waals surface area contributed by atoms with Crippen LogP contribution in [-0.2, 0) is 16.6 Å². The summed E-state index contributed by atoms with van der Waals surface area (Å²) in [6.45, 7) is 0.107. The Morgan fingerprint density at radius 3 is 2.43 bits per heavy atom. The van der Waals surface area contributed by atoms with Crippen LogP contribution >= 0.6 is 23.2 Å². The number of anilines is 1. The van der Waals surface area contributed by atoms with E-state index in [4.69, 9.17) is 28.9 Å². The van der Waals surface area contributed by atoms with Gasteiger partial charge in [0.05, 0.1) is 15.7 Å². The van der Waals surface area contributed by atoms with Gasteiger partial charge in [-0.25, -0.2) is 12.8 Å². The molecule has 0 fully saturated rings. The van der Waals surface area contributed by atoms with E-state index in [0.717, 1.165) is 6.07 Å². The molecule has 0 aliphatic heterocycles. The lowest BCUT2D eigenvalue weighted by Crippen LogP contribution is -2.15. The van der Waals surface area contributed by atoms with E-state index in [0.29, 0.717) is 5.56 Å². The van der Waals surface area contributed by atoms with Gasteiger partial charge in [-0.05, 0) is 35.9 Å². The smallest absolute Gasteiger partial charge is 0.264 e. The van der Waals surface area contributed by atoms with Crippen LogP contribution in [0.15, 0.2) is 41.3 Å². The molecule has 0 amide bonds. The molecule has 0 aliphatic carbocycles. The molecular formula is C13H11Cl2FN2O2S. The predicted molar refractivity (Wildman–Crippen MR) is 81.6 cm³/mol. The summed E-state index contributed by atoms with van der Waals surface area (Å²) in [5.74, 6) is -0.861. The first-order valence-electron chi connectivity index (χ1n) is 5.80. The van der Waals surface area contributed by atoms with Crippen molar-refractivity contribution in [1.29, 1.82) is 0 Å². The van der Waals surface area contributed by atoms with Gasteiger partial charge in [0.15, 0.2) is 0 Å². The first kappa shape index (κ1) is 16.0. The summed E-state index contributed by atoms with van der Waals surface area (Å²) in [5.41, 5.74) is 6.12. The van der Waals surface area contributed by atoms with Gasteiger partial charge in [0.1, 0.15) is 10.7 Å². The standard InChI is InChI=1S/C13H11Cl2FN2O2S/c14-10-3-2-9(6-11(10)15)18-21(19,20)13-5-8(7-17)1-4-12(13)16/h1-6,18H,7,17H2. The molecule has 0 spiro atoms. The number of benzene rings is 2. The summed E-state index contributed by atoms with van der Waals surface area (Å²) in [7, 11) is -4.09. The Morgan fingerprint density at radius 1 is 1.10 bits per heavy atom. The topological polar surface area (TPSA) is 72.2 Å². The minimum absolute atomic E-state index is 0.107. The van der Waals surface area contributed by atoms with Gasteiger partial charge in [-0.15, -0.1) is 0 Å². The van der Waals surface area contributed by atoms with Crippen LogP contribution in [0.5, 0.6) is 0 Å². The Kier molecular flexibility index (Phi) is 4.73. The van der Waals surface area contributed by atoms with Crippen LogP contribution in [-0.4, -0.2) is 8.42 Å². The van der Waals surface area contributed by atoms with Gasteiger partial charge in [-0.3, -0.25) is 4.72 Å². The lowest BCUT2D eigenvalue weighted by atomic mass is 10.2. The van der Waals surface area contributed by atoms with Crippen LogP contribution in [0.3, 0.4) is 0 Å². The third kappa shape index (κ3) is 3.65. The van der Waals surface area contributed by atoms with Gasteiger partial charge in [-0.1, -0.05) is 29.3 Å². The van der Waals surface area contributed by atoms with E-state index < -0.39 is 20.7 Å². The molecule has 0 heterocycles. The molecule has 0 aliphatic rings. The van der Waals surface area contributed by atoms with Crippen LogP contribution in [0.25, 0.3) is 0 Å². The summed E-state index contributed by atoms with van der Waals surface area (Å²) >= 11 is 11.6. The molecule has 2 aromatic rings. The molecule has 0 saturated heterocycles. The zero-order valence-electron chi connectivity index (χ0n) is 10.6. The van der Waals surface area contributed by atoms with Crippen LogP contribution < -0.4 is 10.5 Å². The third-order valence-electron chi connectivity index (χ3n) is 2.69. The van der Waals surface area contributed by atoms with Crippen molar-refractivity contribution in [3.63, 3.8) is 0 Å². The van der Waals surface area contributed by atoms with E-state index in [1.807, 2.05) is 0 Å². The van der Waals surface area contributed by atoms with Gasteiger partial charge in [-0.2, -0.15) is 0 Å². The molecule has 8 heteroatoms. The highest BCUT2D eigenvalue weighted by Crippen LogP contribution is 2.27. The molecule has 0 bridgehead atoms. The maximum absolute atomic E-state index is 13.7. The van der Waals surface area contributed by atoms with Crippen LogP contribution in [0.1, 0.15) is 5.56 Å². The second kappa shape index (κ2) is 6.19. The van der Waals surface area contributed by atoms with Crippen molar-refractivity contribution >= 4 is 38.9 Å². The lowest BCUT2D eigenvalue weighted by molar-refractivity contribution is 0.569. The van der Waals surface area contributed by atoms with Gasteiger partial charge >= 0.3 is 0 Å². The number of nitrogens with two attached hydrogens (primary N) is 1. The molecule has 0 radical (unpaired) electrons. The number of nitrogens with one attached hydrogen (secondary N) is 1. The number of hydrogen-bond donors (Lipinski definition) is 2. The fraction of sp³-hybridized carbons (Fsp3) is 0.0769. The highest BCUT2D eigenvalue weighted by molar-refractivity contribution is 7.92. The van der Waals surface area contributed by atoms with E-state index in [1.54, 1.807) is 0 Å². The van der Waals surface area contributed by atoms with E-state index in [-0.39, 0.29) is 22.3 Å². The normalized spacial score (nSPS) is 11.4. The summed E-state index contributed by atoms with van der Waals surface area (Å²) < 4.78 is 40.4. The van der Waals surface area contributed by atoms with Gasteiger partial charge in [0.2, 0.25) is 0 Å². The number of sulfonamides is 1. The average molecular weight is 349 g/mol. The molecule has 112 valence electrons. The zero-order chi connectivity index (χ0) is 15.6. The van der Waals surface area contributed by atoms with Gasteiger partial charge in [0.25, 0.3) is 10.0 Å². The Morgan fingerprint density at radius 2 is 1.81 bits per heavy atom. The van der Waals surface area contributed by atoms with Crippen LogP contribution in [0.4, 0.5) is 10.1 Å². The van der Waals surface area contributed by atoms with Crippen molar-refractivity contribution in [2.75, 3.05) is 4.72 Å². The van der Waals surface area contributed by atoms with Gasteiger partial charge in [0, 0.05) is 6.54 Å². The molecule has 0 unspecified atom stereocenters. The molecule has 0 aromatic heterocycles. The van der Waals surface area contributed by atoms with E-state index in [1.165, 1.54) is 30.3 Å².